The second-order valence-electron chi connectivity index (χ2n) is 3.91. The van der Waals surface area contributed by atoms with Gasteiger partial charge >= 0.3 is 5.97 Å². The molecule has 1 atom stereocenters. The Morgan fingerprint density at radius 2 is 1.90 bits per heavy atom. The Bertz CT molecular complexity index is 479. The fourth-order valence-electron chi connectivity index (χ4n) is 1.37. The average molecular weight is 296 g/mol. The van der Waals surface area contributed by atoms with Crippen molar-refractivity contribution >= 4 is 29.5 Å². The summed E-state index contributed by atoms with van der Waals surface area (Å²) in [6.45, 7) is 1.74. The zero-order valence-electron chi connectivity index (χ0n) is 11.0. The van der Waals surface area contributed by atoms with Crippen molar-refractivity contribution in [3.05, 3.63) is 35.9 Å². The van der Waals surface area contributed by atoms with Crippen LogP contribution in [0.1, 0.15) is 17.3 Å². The van der Waals surface area contributed by atoms with Gasteiger partial charge in [-0.2, -0.15) is 0 Å². The van der Waals surface area contributed by atoms with Gasteiger partial charge in [0, 0.05) is 24.8 Å². The summed E-state index contributed by atoms with van der Waals surface area (Å²) in [6, 6.07) is 8.39. The van der Waals surface area contributed by atoms with Crippen LogP contribution in [0.5, 0.6) is 0 Å². The maximum Gasteiger partial charge on any atom is 0.336 e. The van der Waals surface area contributed by atoms with Gasteiger partial charge in [0.25, 0.3) is 5.91 Å². The smallest absolute Gasteiger partial charge is 0.336 e. The summed E-state index contributed by atoms with van der Waals surface area (Å²) in [7, 11) is 0. The quantitative estimate of drug-likeness (QED) is 0.508. The molecule has 0 saturated carbocycles. The molecule has 0 aliphatic rings. The lowest BCUT2D eigenvalue weighted by Crippen LogP contribution is -2.39. The van der Waals surface area contributed by atoms with Gasteiger partial charge in [-0.3, -0.25) is 9.59 Å². The molecule has 108 valence electrons. The molecule has 20 heavy (non-hydrogen) atoms. The van der Waals surface area contributed by atoms with Crippen LogP contribution in [0.25, 0.3) is 0 Å². The fraction of sp³-hybridized carbons (Fsp3) is 0.308. The molecule has 0 spiro atoms. The number of hydrogen-bond donors (Lipinski definition) is 3. The molecular weight excluding hydrogens is 280 g/mol. The molecule has 0 bridgehead atoms. The number of amides is 2. The lowest BCUT2D eigenvalue weighted by molar-refractivity contribution is -0.136. The van der Waals surface area contributed by atoms with Crippen molar-refractivity contribution in [3.8, 4) is 0 Å². The van der Waals surface area contributed by atoms with E-state index in [1.54, 1.807) is 30.3 Å². The highest BCUT2D eigenvalue weighted by molar-refractivity contribution is 8.00. The zero-order chi connectivity index (χ0) is 15.0. The summed E-state index contributed by atoms with van der Waals surface area (Å²) in [5.74, 6) is -1.34. The minimum atomic E-state index is -1.12. The number of carbonyl (C=O) groups excluding carboxylic acids is 2. The van der Waals surface area contributed by atoms with Crippen LogP contribution in [0.4, 0.5) is 0 Å². The van der Waals surface area contributed by atoms with Gasteiger partial charge < -0.3 is 15.7 Å². The van der Waals surface area contributed by atoms with Crippen molar-refractivity contribution in [1.82, 2.24) is 10.6 Å². The molecule has 3 N–H and O–H groups in total. The highest BCUT2D eigenvalue weighted by atomic mass is 32.2. The van der Waals surface area contributed by atoms with Gasteiger partial charge in [0.2, 0.25) is 5.91 Å². The topological polar surface area (TPSA) is 95.5 Å². The Hall–Kier alpha value is -2.02. The first-order chi connectivity index (χ1) is 9.50. The zero-order valence-corrected chi connectivity index (χ0v) is 11.8. The number of carbonyl (C=O) groups is 3. The summed E-state index contributed by atoms with van der Waals surface area (Å²) < 4.78 is 0. The Kier molecular flexibility index (Phi) is 6.58. The number of hydrogen-bond acceptors (Lipinski definition) is 4. The number of nitrogens with one attached hydrogen (secondary N) is 2. The monoisotopic (exact) mass is 296 g/mol. The van der Waals surface area contributed by atoms with E-state index in [9.17, 15) is 14.4 Å². The van der Waals surface area contributed by atoms with Crippen molar-refractivity contribution in [1.29, 1.82) is 0 Å². The van der Waals surface area contributed by atoms with Crippen LogP contribution in [0, 0.1) is 0 Å². The van der Waals surface area contributed by atoms with Gasteiger partial charge in [-0.25, -0.2) is 4.79 Å². The Morgan fingerprint density at radius 1 is 1.25 bits per heavy atom. The number of carboxylic acids is 1. The molecule has 0 aliphatic carbocycles. The van der Waals surface area contributed by atoms with Crippen LogP contribution >= 0.6 is 11.8 Å². The molecule has 2 amide bonds. The number of aliphatic carboxylic acids is 1. The second-order valence-corrected chi connectivity index (χ2v) is 5.12. The third-order valence-electron chi connectivity index (χ3n) is 2.28. The van der Waals surface area contributed by atoms with Gasteiger partial charge in [-0.1, -0.05) is 18.2 Å². The molecule has 0 saturated heterocycles. The minimum Gasteiger partial charge on any atom is -0.479 e. The first kappa shape index (κ1) is 16.0. The summed E-state index contributed by atoms with van der Waals surface area (Å²) in [5.41, 5.74) is 0.404. The third-order valence-corrected chi connectivity index (χ3v) is 3.38. The molecule has 7 heteroatoms. The largest absolute Gasteiger partial charge is 0.479 e. The van der Waals surface area contributed by atoms with E-state index in [4.69, 9.17) is 5.11 Å². The van der Waals surface area contributed by atoms with Crippen LogP contribution in [-0.2, 0) is 9.59 Å². The maximum atomic E-state index is 11.8. The highest BCUT2D eigenvalue weighted by Gasteiger charge is 2.20. The predicted molar refractivity (Wildman–Crippen MR) is 76.5 cm³/mol. The van der Waals surface area contributed by atoms with Crippen LogP contribution in [0.15, 0.2) is 30.3 Å². The van der Waals surface area contributed by atoms with Gasteiger partial charge in [-0.05, 0) is 12.1 Å². The average Bonchev–Trinajstić information content (AvgIpc) is 2.42. The van der Waals surface area contributed by atoms with E-state index >= 15 is 0 Å². The van der Waals surface area contributed by atoms with Gasteiger partial charge in [0.1, 0.15) is 0 Å². The van der Waals surface area contributed by atoms with Crippen molar-refractivity contribution in [2.24, 2.45) is 0 Å². The van der Waals surface area contributed by atoms with Gasteiger partial charge in [-0.15, -0.1) is 11.8 Å². The first-order valence-corrected chi connectivity index (χ1v) is 7.00. The second kappa shape index (κ2) is 8.21. The number of carboxylic acid groups (broad SMARTS) is 1. The molecule has 0 aliphatic heterocycles. The summed E-state index contributed by atoms with van der Waals surface area (Å²) in [6.07, 6.45) is 0. The number of thioether (sulfide) groups is 1. The minimum absolute atomic E-state index is 0.175. The fourth-order valence-corrected chi connectivity index (χ4v) is 2.16. The van der Waals surface area contributed by atoms with Crippen LogP contribution < -0.4 is 10.6 Å². The van der Waals surface area contributed by atoms with Crippen molar-refractivity contribution in [2.75, 3.05) is 12.3 Å². The van der Waals surface area contributed by atoms with E-state index < -0.39 is 17.3 Å². The molecular formula is C13H16N2O4S. The summed E-state index contributed by atoms with van der Waals surface area (Å²) in [5, 5.41) is 13.0. The van der Waals surface area contributed by atoms with Gasteiger partial charge in [0.15, 0.2) is 5.37 Å². The van der Waals surface area contributed by atoms with E-state index in [1.807, 2.05) is 0 Å². The molecule has 0 aromatic heterocycles. The molecule has 1 aromatic rings. The predicted octanol–water partition coefficient (Wildman–Crippen LogP) is 0.696. The molecule has 1 unspecified atom stereocenters. The third kappa shape index (κ3) is 5.75. The van der Waals surface area contributed by atoms with Gasteiger partial charge in [0.05, 0.1) is 0 Å². The molecule has 6 nitrogen and oxygen atoms in total. The Labute approximate surface area is 120 Å². The normalized spacial score (nSPS) is 11.4. The molecule has 0 heterocycles. The molecule has 1 rings (SSSR count). The number of benzene rings is 1. The molecule has 0 radical (unpaired) electrons. The number of rotatable bonds is 7. The van der Waals surface area contributed by atoms with Crippen LogP contribution in [0.2, 0.25) is 0 Å². The SMILES string of the molecule is CC(=O)NCCSC(NC(=O)c1ccccc1)C(=O)O. The lowest BCUT2D eigenvalue weighted by atomic mass is 10.2. The Morgan fingerprint density at radius 3 is 2.45 bits per heavy atom. The van der Waals surface area contributed by atoms with Crippen molar-refractivity contribution < 1.29 is 19.5 Å². The van der Waals surface area contributed by atoms with E-state index in [-0.39, 0.29) is 5.91 Å². The highest BCUT2D eigenvalue weighted by Crippen LogP contribution is 2.09. The molecule has 1 aromatic carbocycles. The van der Waals surface area contributed by atoms with Crippen LogP contribution in [-0.4, -0.2) is 40.6 Å². The van der Waals surface area contributed by atoms with E-state index in [0.717, 1.165) is 11.8 Å². The van der Waals surface area contributed by atoms with E-state index in [2.05, 4.69) is 10.6 Å². The summed E-state index contributed by atoms with van der Waals surface area (Å²) >= 11 is 1.05. The Balaban J connectivity index is 2.49. The summed E-state index contributed by atoms with van der Waals surface area (Å²) in [4.78, 5) is 33.6. The first-order valence-electron chi connectivity index (χ1n) is 5.95. The van der Waals surface area contributed by atoms with E-state index in [1.165, 1.54) is 6.92 Å². The van der Waals surface area contributed by atoms with Crippen molar-refractivity contribution in [3.63, 3.8) is 0 Å². The maximum absolute atomic E-state index is 11.8. The van der Waals surface area contributed by atoms with Crippen molar-refractivity contribution in [2.45, 2.75) is 12.3 Å². The van der Waals surface area contributed by atoms with Crippen LogP contribution in [0.3, 0.4) is 0 Å². The lowest BCUT2D eigenvalue weighted by Gasteiger charge is -2.14. The van der Waals surface area contributed by atoms with E-state index in [0.29, 0.717) is 17.9 Å². The molecule has 0 fully saturated rings. The standard InChI is InChI=1S/C13H16N2O4S/c1-9(16)14-7-8-20-12(13(18)19)15-11(17)10-5-3-2-4-6-10/h2-6,12H,7-8H2,1H3,(H,14,16)(H,15,17)(H,18,19).